The number of carbonyl (C=O) groups is 1. The van der Waals surface area contributed by atoms with Crippen molar-refractivity contribution in [3.8, 4) is 0 Å². The van der Waals surface area contributed by atoms with E-state index in [1.54, 1.807) is 27.7 Å². The molecular weight excluding hydrogens is 231 g/mol. The Kier molecular flexibility index (Phi) is 6.56. The third-order valence-electron chi connectivity index (χ3n) is 1.70. The lowest BCUT2D eigenvalue weighted by atomic mass is 10.3. The normalized spacial score (nSPS) is 13.2. The summed E-state index contributed by atoms with van der Waals surface area (Å²) in [5, 5.41) is 9.03. The van der Waals surface area contributed by atoms with Crippen molar-refractivity contribution in [2.75, 3.05) is 13.2 Å². The molecule has 0 saturated heterocycles. The standard InChI is InChI=1S/C10H19O5P/c1-5-14-16(13,15-6-2)9(10(11)12)7-8(3)4/h7,9H,5-6H2,1-4H3,(H,11,12). The smallest absolute Gasteiger partial charge is 0.348 e. The van der Waals surface area contributed by atoms with E-state index in [1.165, 1.54) is 6.08 Å². The Morgan fingerprint density at radius 2 is 1.75 bits per heavy atom. The van der Waals surface area contributed by atoms with Crippen molar-refractivity contribution >= 4 is 13.6 Å². The summed E-state index contributed by atoms with van der Waals surface area (Å²) >= 11 is 0. The van der Waals surface area contributed by atoms with Gasteiger partial charge >= 0.3 is 13.6 Å². The molecule has 0 spiro atoms. The Labute approximate surface area is 96.0 Å². The SMILES string of the molecule is CCOP(=O)(OCC)C(C=C(C)C)C(=O)O. The molecule has 16 heavy (non-hydrogen) atoms. The van der Waals surface area contributed by atoms with Crippen molar-refractivity contribution in [3.63, 3.8) is 0 Å². The molecule has 5 nitrogen and oxygen atoms in total. The quantitative estimate of drug-likeness (QED) is 0.555. The first kappa shape index (κ1) is 15.4. The van der Waals surface area contributed by atoms with Gasteiger partial charge in [0.1, 0.15) is 0 Å². The highest BCUT2D eigenvalue weighted by Gasteiger charge is 2.39. The molecule has 0 rings (SSSR count). The van der Waals surface area contributed by atoms with Gasteiger partial charge in [0.25, 0.3) is 0 Å². The number of aliphatic carboxylic acids is 1. The van der Waals surface area contributed by atoms with E-state index in [0.717, 1.165) is 5.57 Å². The summed E-state index contributed by atoms with van der Waals surface area (Å²) in [6, 6.07) is 0. The minimum Gasteiger partial charge on any atom is -0.480 e. The summed E-state index contributed by atoms with van der Waals surface area (Å²) in [5.41, 5.74) is -0.482. The average molecular weight is 250 g/mol. The Bertz CT molecular complexity index is 296. The van der Waals surface area contributed by atoms with E-state index >= 15 is 0 Å². The molecule has 0 heterocycles. The van der Waals surface area contributed by atoms with Crippen LogP contribution in [0.15, 0.2) is 11.6 Å². The maximum absolute atomic E-state index is 12.2. The minimum atomic E-state index is -3.62. The van der Waals surface area contributed by atoms with Gasteiger partial charge in [-0.1, -0.05) is 11.6 Å². The van der Waals surface area contributed by atoms with E-state index in [2.05, 4.69) is 0 Å². The van der Waals surface area contributed by atoms with Crippen LogP contribution in [0.5, 0.6) is 0 Å². The Morgan fingerprint density at radius 3 is 2.00 bits per heavy atom. The van der Waals surface area contributed by atoms with E-state index in [9.17, 15) is 9.36 Å². The fraction of sp³-hybridized carbons (Fsp3) is 0.700. The van der Waals surface area contributed by atoms with Crippen LogP contribution in [0.1, 0.15) is 27.7 Å². The number of carboxylic acids is 1. The molecule has 0 aromatic heterocycles. The van der Waals surface area contributed by atoms with Crippen LogP contribution in [0.4, 0.5) is 0 Å². The maximum Gasteiger partial charge on any atom is 0.348 e. The fourth-order valence-electron chi connectivity index (χ4n) is 1.17. The second-order valence-electron chi connectivity index (χ2n) is 3.40. The third kappa shape index (κ3) is 4.47. The molecule has 0 amide bonds. The van der Waals surface area contributed by atoms with Crippen LogP contribution in [-0.4, -0.2) is 29.9 Å². The first-order valence-corrected chi connectivity index (χ1v) is 6.75. The number of allylic oxidation sites excluding steroid dienone is 1. The van der Waals surface area contributed by atoms with E-state index in [1.807, 2.05) is 0 Å². The second kappa shape index (κ2) is 6.84. The number of rotatable bonds is 7. The second-order valence-corrected chi connectivity index (χ2v) is 5.55. The van der Waals surface area contributed by atoms with E-state index < -0.39 is 19.2 Å². The zero-order valence-electron chi connectivity index (χ0n) is 10.1. The Balaban J connectivity index is 5.18. The average Bonchev–Trinajstić information content (AvgIpc) is 2.14. The summed E-state index contributed by atoms with van der Waals surface area (Å²) in [4.78, 5) is 11.1. The van der Waals surface area contributed by atoms with Gasteiger partial charge in [-0.15, -0.1) is 0 Å². The summed E-state index contributed by atoms with van der Waals surface area (Å²) in [6.45, 7) is 7.06. The molecule has 1 N–H and O–H groups in total. The summed E-state index contributed by atoms with van der Waals surface area (Å²) < 4.78 is 22.2. The Hall–Kier alpha value is -0.640. The lowest BCUT2D eigenvalue weighted by molar-refractivity contribution is -0.136. The molecule has 6 heteroatoms. The highest BCUT2D eigenvalue weighted by Crippen LogP contribution is 2.53. The number of hydrogen-bond donors (Lipinski definition) is 1. The molecule has 0 aliphatic carbocycles. The van der Waals surface area contributed by atoms with Crippen molar-refractivity contribution in [2.24, 2.45) is 0 Å². The van der Waals surface area contributed by atoms with Crippen molar-refractivity contribution in [2.45, 2.75) is 33.4 Å². The van der Waals surface area contributed by atoms with Gasteiger partial charge in [0.2, 0.25) is 0 Å². The first-order valence-electron chi connectivity index (χ1n) is 5.14. The molecule has 0 radical (unpaired) electrons. The van der Waals surface area contributed by atoms with Crippen LogP contribution < -0.4 is 0 Å². The van der Waals surface area contributed by atoms with Crippen LogP contribution in [-0.2, 0) is 18.4 Å². The van der Waals surface area contributed by atoms with E-state index in [0.29, 0.717) is 0 Å². The molecule has 0 fully saturated rings. The van der Waals surface area contributed by atoms with Gasteiger partial charge in [-0.2, -0.15) is 0 Å². The molecule has 94 valence electrons. The summed E-state index contributed by atoms with van der Waals surface area (Å²) in [7, 11) is -3.62. The monoisotopic (exact) mass is 250 g/mol. The van der Waals surface area contributed by atoms with Crippen molar-refractivity contribution in [1.82, 2.24) is 0 Å². The molecule has 0 saturated carbocycles. The van der Waals surface area contributed by atoms with Gasteiger partial charge < -0.3 is 14.2 Å². The van der Waals surface area contributed by atoms with Gasteiger partial charge in [0.15, 0.2) is 5.66 Å². The number of hydrogen-bond acceptors (Lipinski definition) is 4. The summed E-state index contributed by atoms with van der Waals surface area (Å²) in [6.07, 6.45) is 1.40. The van der Waals surface area contributed by atoms with Gasteiger partial charge in [-0.3, -0.25) is 9.36 Å². The Morgan fingerprint density at radius 1 is 1.31 bits per heavy atom. The molecular formula is C10H19O5P. The van der Waals surface area contributed by atoms with E-state index in [-0.39, 0.29) is 13.2 Å². The fourth-order valence-corrected chi connectivity index (χ4v) is 3.04. The first-order chi connectivity index (χ1) is 7.37. The largest absolute Gasteiger partial charge is 0.480 e. The van der Waals surface area contributed by atoms with Crippen molar-refractivity contribution in [3.05, 3.63) is 11.6 Å². The molecule has 0 aromatic rings. The topological polar surface area (TPSA) is 72.8 Å². The summed E-state index contributed by atoms with van der Waals surface area (Å²) in [5.74, 6) is -1.20. The van der Waals surface area contributed by atoms with Gasteiger partial charge in [0, 0.05) is 0 Å². The van der Waals surface area contributed by atoms with Gasteiger partial charge in [-0.05, 0) is 27.7 Å². The molecule has 0 bridgehead atoms. The molecule has 0 aliphatic heterocycles. The highest BCUT2D eigenvalue weighted by molar-refractivity contribution is 7.56. The molecule has 0 aliphatic rings. The van der Waals surface area contributed by atoms with E-state index in [4.69, 9.17) is 14.2 Å². The maximum atomic E-state index is 12.2. The minimum absolute atomic E-state index is 0.150. The lowest BCUT2D eigenvalue weighted by Gasteiger charge is -2.21. The predicted molar refractivity (Wildman–Crippen MR) is 61.7 cm³/mol. The van der Waals surface area contributed by atoms with Crippen LogP contribution in [0.2, 0.25) is 0 Å². The third-order valence-corrected chi connectivity index (χ3v) is 3.99. The lowest BCUT2D eigenvalue weighted by Crippen LogP contribution is -2.21. The zero-order chi connectivity index (χ0) is 12.8. The highest BCUT2D eigenvalue weighted by atomic mass is 31.2. The van der Waals surface area contributed by atoms with Crippen LogP contribution >= 0.6 is 7.60 Å². The van der Waals surface area contributed by atoms with Crippen LogP contribution in [0.25, 0.3) is 0 Å². The molecule has 1 unspecified atom stereocenters. The predicted octanol–water partition coefficient (Wildman–Crippen LogP) is 2.67. The van der Waals surface area contributed by atoms with Crippen LogP contribution in [0.3, 0.4) is 0 Å². The van der Waals surface area contributed by atoms with Gasteiger partial charge in [-0.25, -0.2) is 0 Å². The van der Waals surface area contributed by atoms with Crippen LogP contribution in [0, 0.1) is 0 Å². The van der Waals surface area contributed by atoms with Crippen molar-refractivity contribution in [1.29, 1.82) is 0 Å². The zero-order valence-corrected chi connectivity index (χ0v) is 11.0. The van der Waals surface area contributed by atoms with Gasteiger partial charge in [0.05, 0.1) is 13.2 Å². The molecule has 0 aromatic carbocycles. The molecule has 1 atom stereocenters. The van der Waals surface area contributed by atoms with Crippen molar-refractivity contribution < 1.29 is 23.5 Å². The number of carboxylic acid groups (broad SMARTS) is 1.